The average molecular weight is 441 g/mol. The molecule has 0 aromatic heterocycles. The molecule has 0 spiro atoms. The molecule has 2 aliphatic rings. The molecular weight excluding hydrogens is 412 g/mol. The van der Waals surface area contributed by atoms with Crippen molar-refractivity contribution in [2.45, 2.75) is 12.5 Å². The first kappa shape index (κ1) is 21.8. The number of hydrogen-bond donors (Lipinski definition) is 1. The SMILES string of the molecule is CN1CCN(CC(NC(=O)C2CC(=O)N(c3cccc(Cl)c3)C2)c2ccccc2)CC1. The van der Waals surface area contributed by atoms with Gasteiger partial charge in [0.25, 0.3) is 0 Å². The highest BCUT2D eigenvalue weighted by molar-refractivity contribution is 6.31. The van der Waals surface area contributed by atoms with Gasteiger partial charge in [0.05, 0.1) is 12.0 Å². The zero-order valence-corrected chi connectivity index (χ0v) is 18.6. The summed E-state index contributed by atoms with van der Waals surface area (Å²) in [5, 5.41) is 3.82. The predicted molar refractivity (Wildman–Crippen MR) is 123 cm³/mol. The van der Waals surface area contributed by atoms with Gasteiger partial charge in [-0.05, 0) is 30.8 Å². The Hall–Kier alpha value is -2.41. The summed E-state index contributed by atoms with van der Waals surface area (Å²) in [5.41, 5.74) is 1.83. The third-order valence-corrected chi connectivity index (χ3v) is 6.41. The van der Waals surface area contributed by atoms with Crippen molar-refractivity contribution in [1.29, 1.82) is 0 Å². The maximum absolute atomic E-state index is 13.2. The van der Waals surface area contributed by atoms with Gasteiger partial charge in [0, 0.05) is 56.4 Å². The summed E-state index contributed by atoms with van der Waals surface area (Å²) in [6, 6.07) is 17.2. The second-order valence-electron chi connectivity index (χ2n) is 8.46. The minimum absolute atomic E-state index is 0.0438. The smallest absolute Gasteiger partial charge is 0.227 e. The van der Waals surface area contributed by atoms with Crippen LogP contribution in [0.5, 0.6) is 0 Å². The lowest BCUT2D eigenvalue weighted by Gasteiger charge is -2.35. The molecule has 0 aliphatic carbocycles. The summed E-state index contributed by atoms with van der Waals surface area (Å²) in [4.78, 5) is 32.1. The summed E-state index contributed by atoms with van der Waals surface area (Å²) < 4.78 is 0. The molecule has 164 valence electrons. The zero-order chi connectivity index (χ0) is 21.8. The van der Waals surface area contributed by atoms with Crippen LogP contribution in [0.2, 0.25) is 5.02 Å². The molecule has 2 unspecified atom stereocenters. The molecule has 2 amide bonds. The van der Waals surface area contributed by atoms with Crippen molar-refractivity contribution in [1.82, 2.24) is 15.1 Å². The van der Waals surface area contributed by atoms with Crippen molar-refractivity contribution in [3.05, 3.63) is 65.2 Å². The maximum atomic E-state index is 13.2. The second-order valence-corrected chi connectivity index (χ2v) is 8.90. The Kier molecular flexibility index (Phi) is 6.90. The molecule has 6 nitrogen and oxygen atoms in total. The highest BCUT2D eigenvalue weighted by atomic mass is 35.5. The summed E-state index contributed by atoms with van der Waals surface area (Å²) in [6.07, 6.45) is 0.217. The van der Waals surface area contributed by atoms with Crippen LogP contribution in [-0.2, 0) is 9.59 Å². The van der Waals surface area contributed by atoms with E-state index >= 15 is 0 Å². The van der Waals surface area contributed by atoms with Crippen molar-refractivity contribution >= 4 is 29.1 Å². The molecule has 2 aliphatic heterocycles. The van der Waals surface area contributed by atoms with E-state index in [1.165, 1.54) is 0 Å². The number of nitrogens with zero attached hydrogens (tertiary/aromatic N) is 3. The number of anilines is 1. The Morgan fingerprint density at radius 3 is 2.55 bits per heavy atom. The number of rotatable bonds is 6. The third-order valence-electron chi connectivity index (χ3n) is 6.17. The van der Waals surface area contributed by atoms with E-state index in [1.807, 2.05) is 30.3 Å². The van der Waals surface area contributed by atoms with Crippen LogP contribution in [-0.4, -0.2) is 67.9 Å². The minimum atomic E-state index is -0.370. The summed E-state index contributed by atoms with van der Waals surface area (Å²) in [7, 11) is 2.14. The standard InChI is InChI=1S/C24H29ClN4O2/c1-27-10-12-28(13-11-27)17-22(18-6-3-2-4-7-18)26-24(31)19-14-23(30)29(16-19)21-9-5-8-20(25)15-21/h2-9,15,19,22H,10-14,16-17H2,1H3,(H,26,31). The number of amides is 2. The van der Waals surface area contributed by atoms with E-state index < -0.39 is 0 Å². The number of piperazine rings is 1. The van der Waals surface area contributed by atoms with Gasteiger partial charge in [0.2, 0.25) is 11.8 Å². The molecule has 2 aromatic carbocycles. The number of likely N-dealkylation sites (N-methyl/N-ethyl adjacent to an activating group) is 1. The zero-order valence-electron chi connectivity index (χ0n) is 17.8. The van der Waals surface area contributed by atoms with Gasteiger partial charge in [-0.3, -0.25) is 14.5 Å². The highest BCUT2D eigenvalue weighted by Crippen LogP contribution is 2.28. The Morgan fingerprint density at radius 2 is 1.84 bits per heavy atom. The molecule has 0 saturated carbocycles. The number of nitrogens with one attached hydrogen (secondary N) is 1. The van der Waals surface area contributed by atoms with E-state index in [1.54, 1.807) is 17.0 Å². The van der Waals surface area contributed by atoms with E-state index in [0.29, 0.717) is 11.6 Å². The molecule has 7 heteroatoms. The second kappa shape index (κ2) is 9.81. The van der Waals surface area contributed by atoms with Crippen LogP contribution in [0.4, 0.5) is 5.69 Å². The molecule has 2 saturated heterocycles. The molecule has 2 heterocycles. The van der Waals surface area contributed by atoms with Crippen LogP contribution < -0.4 is 10.2 Å². The van der Waals surface area contributed by atoms with Crippen molar-refractivity contribution in [2.75, 3.05) is 51.2 Å². The summed E-state index contributed by atoms with van der Waals surface area (Å²) >= 11 is 6.08. The molecule has 2 fully saturated rings. The lowest BCUT2D eigenvalue weighted by molar-refractivity contribution is -0.127. The summed E-state index contributed by atoms with van der Waals surface area (Å²) in [5.74, 6) is -0.483. The van der Waals surface area contributed by atoms with E-state index in [-0.39, 0.29) is 30.2 Å². The molecule has 4 rings (SSSR count). The van der Waals surface area contributed by atoms with Crippen molar-refractivity contribution in [2.24, 2.45) is 5.92 Å². The number of halogens is 1. The van der Waals surface area contributed by atoms with Gasteiger partial charge < -0.3 is 15.1 Å². The van der Waals surface area contributed by atoms with Gasteiger partial charge in [-0.1, -0.05) is 48.0 Å². The number of carbonyl (C=O) groups excluding carboxylic acids is 2. The number of carbonyl (C=O) groups is 2. The minimum Gasteiger partial charge on any atom is -0.348 e. The Balaban J connectivity index is 1.44. The van der Waals surface area contributed by atoms with Crippen molar-refractivity contribution in [3.8, 4) is 0 Å². The third kappa shape index (κ3) is 5.45. The lowest BCUT2D eigenvalue weighted by atomic mass is 10.0. The molecule has 2 atom stereocenters. The Labute approximate surface area is 188 Å². The van der Waals surface area contributed by atoms with Crippen molar-refractivity contribution in [3.63, 3.8) is 0 Å². The van der Waals surface area contributed by atoms with Crippen LogP contribution in [0.15, 0.2) is 54.6 Å². The normalized spacial score (nSPS) is 21.3. The highest BCUT2D eigenvalue weighted by Gasteiger charge is 2.36. The number of benzene rings is 2. The van der Waals surface area contributed by atoms with Gasteiger partial charge in [-0.2, -0.15) is 0 Å². The fraction of sp³-hybridized carbons (Fsp3) is 0.417. The topological polar surface area (TPSA) is 55.9 Å². The van der Waals surface area contributed by atoms with Crippen molar-refractivity contribution < 1.29 is 9.59 Å². The van der Waals surface area contributed by atoms with Crippen LogP contribution in [0.25, 0.3) is 0 Å². The van der Waals surface area contributed by atoms with E-state index in [2.05, 4.69) is 34.3 Å². The predicted octanol–water partition coefficient (Wildman–Crippen LogP) is 2.80. The quantitative estimate of drug-likeness (QED) is 0.750. The van der Waals surface area contributed by atoms with Gasteiger partial charge in [-0.25, -0.2) is 0 Å². The van der Waals surface area contributed by atoms with Gasteiger partial charge >= 0.3 is 0 Å². The maximum Gasteiger partial charge on any atom is 0.227 e. The van der Waals surface area contributed by atoms with E-state index in [0.717, 1.165) is 44.0 Å². The van der Waals surface area contributed by atoms with Crippen LogP contribution >= 0.6 is 11.6 Å². The van der Waals surface area contributed by atoms with Gasteiger partial charge in [0.1, 0.15) is 0 Å². The first-order valence-corrected chi connectivity index (χ1v) is 11.2. The number of hydrogen-bond acceptors (Lipinski definition) is 4. The largest absolute Gasteiger partial charge is 0.348 e. The first-order valence-electron chi connectivity index (χ1n) is 10.8. The Bertz CT molecular complexity index is 915. The molecular formula is C24H29ClN4O2. The average Bonchev–Trinajstić information content (AvgIpc) is 3.17. The summed E-state index contributed by atoms with van der Waals surface area (Å²) in [6.45, 7) is 5.17. The molecule has 31 heavy (non-hydrogen) atoms. The van der Waals surface area contributed by atoms with Crippen LogP contribution in [0.1, 0.15) is 18.0 Å². The van der Waals surface area contributed by atoms with Gasteiger partial charge in [-0.15, -0.1) is 0 Å². The van der Waals surface area contributed by atoms with E-state index in [9.17, 15) is 9.59 Å². The van der Waals surface area contributed by atoms with E-state index in [4.69, 9.17) is 11.6 Å². The van der Waals surface area contributed by atoms with Gasteiger partial charge in [0.15, 0.2) is 0 Å². The first-order chi connectivity index (χ1) is 15.0. The van der Waals surface area contributed by atoms with Crippen LogP contribution in [0.3, 0.4) is 0 Å². The fourth-order valence-electron chi connectivity index (χ4n) is 4.27. The molecule has 0 radical (unpaired) electrons. The van der Waals surface area contributed by atoms with Crippen LogP contribution in [0, 0.1) is 5.92 Å². The molecule has 1 N–H and O–H groups in total. The fourth-order valence-corrected chi connectivity index (χ4v) is 4.46. The Morgan fingerprint density at radius 1 is 1.10 bits per heavy atom. The monoisotopic (exact) mass is 440 g/mol. The molecule has 0 bridgehead atoms. The molecule has 2 aromatic rings. The lowest BCUT2D eigenvalue weighted by Crippen LogP contribution is -2.48.